The normalized spacial score (nSPS) is 45.1. The van der Waals surface area contributed by atoms with E-state index in [0.717, 1.165) is 6.42 Å². The van der Waals surface area contributed by atoms with Crippen LogP contribution in [-0.4, -0.2) is 11.1 Å². The first kappa shape index (κ1) is 19.2. The first-order valence-electron chi connectivity index (χ1n) is 10.3. The van der Waals surface area contributed by atoms with Crippen LogP contribution in [0.3, 0.4) is 0 Å². The first-order valence-corrected chi connectivity index (χ1v) is 10.3. The average molecular weight is 323 g/mol. The predicted molar refractivity (Wildman–Crippen MR) is 101 cm³/mol. The third-order valence-corrected chi connectivity index (χ3v) is 7.84. The SMILES string of the molecule is CCCC1(C)CCCCC1(N)CC1(N)CCCCC1(C)CCC. The van der Waals surface area contributed by atoms with E-state index in [1.807, 2.05) is 0 Å². The maximum absolute atomic E-state index is 7.18. The molecule has 0 aromatic carbocycles. The molecule has 0 heterocycles. The van der Waals surface area contributed by atoms with Crippen LogP contribution in [0.25, 0.3) is 0 Å². The summed E-state index contributed by atoms with van der Waals surface area (Å²) in [6.07, 6.45) is 16.2. The average Bonchev–Trinajstić information content (AvgIpc) is 2.47. The highest BCUT2D eigenvalue weighted by molar-refractivity contribution is 5.12. The van der Waals surface area contributed by atoms with Crippen molar-refractivity contribution < 1.29 is 0 Å². The molecule has 2 saturated carbocycles. The van der Waals surface area contributed by atoms with E-state index in [1.54, 1.807) is 0 Å². The van der Waals surface area contributed by atoms with Crippen molar-refractivity contribution in [3.8, 4) is 0 Å². The van der Waals surface area contributed by atoms with Crippen molar-refractivity contribution in [2.75, 3.05) is 0 Å². The summed E-state index contributed by atoms with van der Waals surface area (Å²) in [5.41, 5.74) is 14.8. The summed E-state index contributed by atoms with van der Waals surface area (Å²) in [7, 11) is 0. The van der Waals surface area contributed by atoms with Crippen LogP contribution in [-0.2, 0) is 0 Å². The summed E-state index contributed by atoms with van der Waals surface area (Å²) in [5, 5.41) is 0. The van der Waals surface area contributed by atoms with E-state index in [2.05, 4.69) is 27.7 Å². The van der Waals surface area contributed by atoms with Gasteiger partial charge in [-0.25, -0.2) is 0 Å². The van der Waals surface area contributed by atoms with Crippen molar-refractivity contribution in [1.82, 2.24) is 0 Å². The van der Waals surface area contributed by atoms with Crippen molar-refractivity contribution in [2.45, 2.75) is 122 Å². The largest absolute Gasteiger partial charge is 0.325 e. The molecule has 2 heteroatoms. The van der Waals surface area contributed by atoms with E-state index in [1.165, 1.54) is 77.0 Å². The summed E-state index contributed by atoms with van der Waals surface area (Å²) in [4.78, 5) is 0. The van der Waals surface area contributed by atoms with E-state index in [4.69, 9.17) is 11.5 Å². The van der Waals surface area contributed by atoms with Gasteiger partial charge in [0, 0.05) is 11.1 Å². The fourth-order valence-electron chi connectivity index (χ4n) is 6.03. The maximum Gasteiger partial charge on any atom is 0.0226 e. The van der Waals surface area contributed by atoms with Gasteiger partial charge in [-0.3, -0.25) is 0 Å². The van der Waals surface area contributed by atoms with Crippen LogP contribution in [0.1, 0.15) is 111 Å². The first-order chi connectivity index (χ1) is 10.7. The smallest absolute Gasteiger partial charge is 0.0226 e. The van der Waals surface area contributed by atoms with Crippen molar-refractivity contribution in [3.63, 3.8) is 0 Å². The summed E-state index contributed by atoms with van der Waals surface area (Å²) in [6.45, 7) is 9.53. The monoisotopic (exact) mass is 322 g/mol. The van der Waals surface area contributed by atoms with Gasteiger partial charge >= 0.3 is 0 Å². The molecule has 0 aliphatic heterocycles. The second kappa shape index (κ2) is 7.04. The maximum atomic E-state index is 7.18. The van der Waals surface area contributed by atoms with Crippen LogP contribution < -0.4 is 11.5 Å². The molecular weight excluding hydrogens is 280 g/mol. The van der Waals surface area contributed by atoms with Crippen LogP contribution in [0.4, 0.5) is 0 Å². The third-order valence-electron chi connectivity index (χ3n) is 7.84. The second-order valence-corrected chi connectivity index (χ2v) is 9.52. The summed E-state index contributed by atoms with van der Waals surface area (Å²) in [5.74, 6) is 0. The molecule has 23 heavy (non-hydrogen) atoms. The van der Waals surface area contributed by atoms with Crippen molar-refractivity contribution in [2.24, 2.45) is 22.3 Å². The van der Waals surface area contributed by atoms with Gasteiger partial charge in [-0.05, 0) is 55.8 Å². The summed E-state index contributed by atoms with van der Waals surface area (Å²) < 4.78 is 0. The molecule has 2 nitrogen and oxygen atoms in total. The van der Waals surface area contributed by atoms with Crippen molar-refractivity contribution in [3.05, 3.63) is 0 Å². The minimum atomic E-state index is -0.0671. The second-order valence-electron chi connectivity index (χ2n) is 9.52. The molecule has 0 aromatic rings. The van der Waals surface area contributed by atoms with E-state index >= 15 is 0 Å². The zero-order valence-electron chi connectivity index (χ0n) is 16.3. The van der Waals surface area contributed by atoms with Gasteiger partial charge in [0.25, 0.3) is 0 Å². The number of nitrogens with two attached hydrogens (primary N) is 2. The molecule has 0 radical (unpaired) electrons. The molecule has 0 aromatic heterocycles. The van der Waals surface area contributed by atoms with Crippen LogP contribution in [0.2, 0.25) is 0 Å². The summed E-state index contributed by atoms with van der Waals surface area (Å²) in [6, 6.07) is 0. The lowest BCUT2D eigenvalue weighted by Crippen LogP contribution is -2.66. The molecule has 0 bridgehead atoms. The number of hydrogen-bond acceptors (Lipinski definition) is 2. The molecule has 4 unspecified atom stereocenters. The van der Waals surface area contributed by atoms with Gasteiger partial charge in [-0.2, -0.15) is 0 Å². The Morgan fingerprint density at radius 2 is 1.00 bits per heavy atom. The molecule has 2 aliphatic rings. The van der Waals surface area contributed by atoms with Gasteiger partial charge in [-0.1, -0.05) is 66.2 Å². The number of hydrogen-bond donors (Lipinski definition) is 2. The van der Waals surface area contributed by atoms with Crippen LogP contribution >= 0.6 is 0 Å². The van der Waals surface area contributed by atoms with Gasteiger partial charge in [0.2, 0.25) is 0 Å². The van der Waals surface area contributed by atoms with E-state index < -0.39 is 0 Å². The Morgan fingerprint density at radius 3 is 1.35 bits per heavy atom. The molecule has 2 fully saturated rings. The molecule has 4 atom stereocenters. The lowest BCUT2D eigenvalue weighted by Gasteiger charge is -2.58. The Morgan fingerprint density at radius 1 is 0.652 bits per heavy atom. The van der Waals surface area contributed by atoms with Gasteiger partial charge < -0.3 is 11.5 Å². The van der Waals surface area contributed by atoms with E-state index in [-0.39, 0.29) is 21.9 Å². The summed E-state index contributed by atoms with van der Waals surface area (Å²) >= 11 is 0. The highest BCUT2D eigenvalue weighted by Crippen LogP contribution is 2.55. The minimum absolute atomic E-state index is 0.0671. The Kier molecular flexibility index (Phi) is 5.89. The van der Waals surface area contributed by atoms with Gasteiger partial charge in [0.1, 0.15) is 0 Å². The highest BCUT2D eigenvalue weighted by Gasteiger charge is 2.54. The Bertz CT molecular complexity index is 351. The minimum Gasteiger partial charge on any atom is -0.325 e. The van der Waals surface area contributed by atoms with Gasteiger partial charge in [0.15, 0.2) is 0 Å². The molecular formula is C21H42N2. The zero-order valence-corrected chi connectivity index (χ0v) is 16.3. The van der Waals surface area contributed by atoms with E-state index in [0.29, 0.717) is 0 Å². The number of rotatable bonds is 6. The Hall–Kier alpha value is -0.0800. The third kappa shape index (κ3) is 3.49. The quantitative estimate of drug-likeness (QED) is 0.675. The molecule has 4 N–H and O–H groups in total. The highest BCUT2D eigenvalue weighted by atomic mass is 14.9. The van der Waals surface area contributed by atoms with E-state index in [9.17, 15) is 0 Å². The van der Waals surface area contributed by atoms with Gasteiger partial charge in [-0.15, -0.1) is 0 Å². The fraction of sp³-hybridized carbons (Fsp3) is 1.00. The van der Waals surface area contributed by atoms with Crippen molar-refractivity contribution in [1.29, 1.82) is 0 Å². The lowest BCUT2D eigenvalue weighted by atomic mass is 9.51. The molecule has 2 aliphatic carbocycles. The fourth-order valence-corrected chi connectivity index (χ4v) is 6.03. The van der Waals surface area contributed by atoms with Crippen LogP contribution in [0.15, 0.2) is 0 Å². The lowest BCUT2D eigenvalue weighted by molar-refractivity contribution is -0.0139. The topological polar surface area (TPSA) is 52.0 Å². The zero-order chi connectivity index (χ0) is 17.2. The Labute approximate surface area is 145 Å². The molecule has 136 valence electrons. The van der Waals surface area contributed by atoms with Crippen LogP contribution in [0.5, 0.6) is 0 Å². The molecule has 0 amide bonds. The molecule has 0 saturated heterocycles. The molecule has 0 spiro atoms. The van der Waals surface area contributed by atoms with Crippen molar-refractivity contribution >= 4 is 0 Å². The standard InChI is InChI=1S/C21H42N2/c1-5-11-18(3)13-7-9-15-20(18,22)17-21(23)16-10-8-14-19(21,4)12-6-2/h5-17,22-23H2,1-4H3. The Balaban J connectivity index is 2.28. The predicted octanol–water partition coefficient (Wildman–Crippen LogP) is 5.53. The van der Waals surface area contributed by atoms with Crippen LogP contribution in [0, 0.1) is 10.8 Å². The molecule has 2 rings (SSSR count). The van der Waals surface area contributed by atoms with Gasteiger partial charge in [0.05, 0.1) is 0 Å².